The zero-order valence-electron chi connectivity index (χ0n) is 23.4. The summed E-state index contributed by atoms with van der Waals surface area (Å²) in [5, 5.41) is 17.3. The molecule has 1 saturated carbocycles. The van der Waals surface area contributed by atoms with Gasteiger partial charge in [0.1, 0.15) is 18.1 Å². The number of carboxylic acid groups (broad SMARTS) is 1. The third kappa shape index (κ3) is 5.49. The fourth-order valence-corrected chi connectivity index (χ4v) is 7.19. The van der Waals surface area contributed by atoms with Crippen molar-refractivity contribution in [3.05, 3.63) is 39.1 Å². The number of halogens is 4. The molecule has 0 bridgehead atoms. The third-order valence-corrected chi connectivity index (χ3v) is 9.69. The normalized spacial score (nSPS) is 24.6. The molecule has 14 heteroatoms. The van der Waals surface area contributed by atoms with Crippen LogP contribution in [0.15, 0.2) is 16.6 Å². The molecule has 3 atom stereocenters. The van der Waals surface area contributed by atoms with Crippen LogP contribution in [-0.4, -0.2) is 67.3 Å². The molecule has 2 aromatic rings. The number of fused-ring (bicyclic) bond motifs is 1. The van der Waals surface area contributed by atoms with Gasteiger partial charge in [-0.2, -0.15) is 13.2 Å². The highest BCUT2D eigenvalue weighted by Crippen LogP contribution is 2.46. The molecule has 228 valence electrons. The number of nitrogens with zero attached hydrogens (tertiary/aromatic N) is 5. The number of aliphatic carboxylic acids is 1. The van der Waals surface area contributed by atoms with E-state index >= 15 is 0 Å². The van der Waals surface area contributed by atoms with E-state index in [1.54, 1.807) is 28.9 Å². The maximum Gasteiger partial charge on any atom is 0.435 e. The average molecular weight is 657 g/mol. The Balaban J connectivity index is 1.54. The molecule has 2 aliphatic heterocycles. The van der Waals surface area contributed by atoms with Gasteiger partial charge < -0.3 is 19.6 Å². The molecule has 2 fully saturated rings. The van der Waals surface area contributed by atoms with Crippen LogP contribution in [-0.2, 0) is 40.6 Å². The van der Waals surface area contributed by atoms with Gasteiger partial charge >= 0.3 is 12.1 Å². The highest BCUT2D eigenvalue weighted by atomic mass is 79.9. The van der Waals surface area contributed by atoms with Crippen LogP contribution in [0.4, 0.5) is 13.2 Å². The topological polar surface area (TPSA) is 118 Å². The van der Waals surface area contributed by atoms with Crippen LogP contribution in [0.3, 0.4) is 0 Å². The zero-order valence-corrected chi connectivity index (χ0v) is 25.0. The fraction of sp³-hybridized carbons (Fsp3) is 0.607. The minimum atomic E-state index is -4.69. The molecule has 0 spiro atoms. The molecule has 1 aromatic carbocycles. The molecule has 1 N–H and O–H groups in total. The Morgan fingerprint density at radius 2 is 1.95 bits per heavy atom. The first-order valence-electron chi connectivity index (χ1n) is 14.0. The summed E-state index contributed by atoms with van der Waals surface area (Å²) in [5.41, 5.74) is -1.20. The van der Waals surface area contributed by atoms with E-state index in [1.807, 2.05) is 0 Å². The molecule has 0 radical (unpaired) electrons. The molecule has 42 heavy (non-hydrogen) atoms. The van der Waals surface area contributed by atoms with E-state index in [0.717, 1.165) is 23.5 Å². The first kappa shape index (κ1) is 30.3. The van der Waals surface area contributed by atoms with Crippen molar-refractivity contribution in [3.63, 3.8) is 0 Å². The number of likely N-dealkylation sites (tertiary alicyclic amines) is 1. The number of aromatic nitrogens is 3. The lowest BCUT2D eigenvalue weighted by Gasteiger charge is -2.45. The molecule has 0 unspecified atom stereocenters. The Morgan fingerprint density at radius 1 is 1.19 bits per heavy atom. The first-order chi connectivity index (χ1) is 19.8. The number of hydrogen-bond donors (Lipinski definition) is 1. The summed E-state index contributed by atoms with van der Waals surface area (Å²) in [6, 6.07) is 2.69. The van der Waals surface area contributed by atoms with E-state index in [9.17, 15) is 32.7 Å². The van der Waals surface area contributed by atoms with Crippen molar-refractivity contribution < 1.29 is 37.4 Å². The lowest BCUT2D eigenvalue weighted by Crippen LogP contribution is -2.52. The monoisotopic (exact) mass is 655 g/mol. The summed E-state index contributed by atoms with van der Waals surface area (Å²) in [6.07, 6.45) is -0.920. The molecular weight excluding hydrogens is 623 g/mol. The third-order valence-electron chi connectivity index (χ3n) is 8.94. The van der Waals surface area contributed by atoms with Crippen molar-refractivity contribution in [2.45, 2.75) is 70.7 Å². The summed E-state index contributed by atoms with van der Waals surface area (Å²) in [7, 11) is 1.16. The van der Waals surface area contributed by atoms with Crippen molar-refractivity contribution in [3.8, 4) is 5.75 Å². The Bertz CT molecular complexity index is 1400. The van der Waals surface area contributed by atoms with Gasteiger partial charge in [-0.3, -0.25) is 14.4 Å². The molecule has 1 aliphatic carbocycles. The van der Waals surface area contributed by atoms with Gasteiger partial charge in [0.2, 0.25) is 11.8 Å². The number of carbonyl (C=O) groups is 3. The number of carbonyl (C=O) groups excluding carboxylic acids is 2. The van der Waals surface area contributed by atoms with E-state index < -0.39 is 41.8 Å². The van der Waals surface area contributed by atoms with Crippen LogP contribution in [0.2, 0.25) is 0 Å². The summed E-state index contributed by atoms with van der Waals surface area (Å²) in [5.74, 6) is -1.82. The highest BCUT2D eigenvalue weighted by molar-refractivity contribution is 9.10. The summed E-state index contributed by atoms with van der Waals surface area (Å²) in [6.45, 7) is 2.09. The lowest BCUT2D eigenvalue weighted by atomic mass is 9.66. The number of rotatable bonds is 7. The Labute approximate surface area is 249 Å². The number of benzene rings is 1. The molecular formula is C28H33BrF3N5O5. The molecule has 3 aliphatic rings. The fourth-order valence-electron chi connectivity index (χ4n) is 6.64. The van der Waals surface area contributed by atoms with E-state index in [0.29, 0.717) is 61.9 Å². The molecule has 2 amide bonds. The number of aryl methyl sites for hydroxylation is 1. The second-order valence-electron chi connectivity index (χ2n) is 11.5. The number of carboxylic acids is 1. The van der Waals surface area contributed by atoms with Crippen LogP contribution < -0.4 is 4.74 Å². The second kappa shape index (κ2) is 11.5. The van der Waals surface area contributed by atoms with Crippen molar-refractivity contribution in [1.29, 1.82) is 0 Å². The smallest absolute Gasteiger partial charge is 0.435 e. The van der Waals surface area contributed by atoms with Crippen LogP contribution in [0.1, 0.15) is 74.0 Å². The van der Waals surface area contributed by atoms with E-state index in [-0.39, 0.29) is 29.8 Å². The molecule has 3 heterocycles. The number of alkyl halides is 3. The van der Waals surface area contributed by atoms with Crippen LogP contribution in [0.5, 0.6) is 5.75 Å². The Kier molecular flexibility index (Phi) is 8.29. The minimum Gasteiger partial charge on any atom is -0.487 e. The summed E-state index contributed by atoms with van der Waals surface area (Å²) < 4.78 is 48.4. The number of hydrogen-bond acceptors (Lipinski definition) is 6. The number of ether oxygens (including phenoxy) is 1. The van der Waals surface area contributed by atoms with Gasteiger partial charge in [0.25, 0.3) is 0 Å². The lowest BCUT2D eigenvalue weighted by molar-refractivity contribution is -0.162. The van der Waals surface area contributed by atoms with E-state index in [4.69, 9.17) is 4.74 Å². The average Bonchev–Trinajstić information content (AvgIpc) is 3.52. The Hall–Kier alpha value is -3.16. The molecule has 5 rings (SSSR count). The summed E-state index contributed by atoms with van der Waals surface area (Å²) in [4.78, 5) is 42.6. The standard InChI is InChI=1S/C28H33BrF3N5O5/c1-27(26(40)41)11-4-3-6-17(27)25(39)37-13-10-16-18(29)8-9-21(23(16)20(37)14-36-12-5-7-22(36)38)42-15-19-24(28(30,31)32)35(2)34-33-19/h8-9,17,20H,3-7,10-15H2,1-2H3,(H,40,41)/t17-,20+,27-/m0/s1. The molecule has 1 saturated heterocycles. The van der Waals surface area contributed by atoms with E-state index in [1.165, 1.54) is 0 Å². The van der Waals surface area contributed by atoms with Gasteiger partial charge in [-0.15, -0.1) is 5.10 Å². The van der Waals surface area contributed by atoms with Gasteiger partial charge in [-0.05, 0) is 50.3 Å². The van der Waals surface area contributed by atoms with Crippen molar-refractivity contribution in [2.24, 2.45) is 18.4 Å². The van der Waals surface area contributed by atoms with Crippen LogP contribution in [0, 0.1) is 11.3 Å². The maximum atomic E-state index is 14.2. The first-order valence-corrected chi connectivity index (χ1v) is 14.8. The van der Waals surface area contributed by atoms with E-state index in [2.05, 4.69) is 26.2 Å². The Morgan fingerprint density at radius 3 is 2.62 bits per heavy atom. The van der Waals surface area contributed by atoms with Crippen molar-refractivity contribution >= 4 is 33.7 Å². The molecule has 1 aromatic heterocycles. The quantitative estimate of drug-likeness (QED) is 0.467. The van der Waals surface area contributed by atoms with Crippen molar-refractivity contribution in [2.75, 3.05) is 19.6 Å². The second-order valence-corrected chi connectivity index (χ2v) is 12.3. The predicted octanol–water partition coefficient (Wildman–Crippen LogP) is 4.50. The number of amides is 2. The van der Waals surface area contributed by atoms with Crippen LogP contribution >= 0.6 is 15.9 Å². The maximum absolute atomic E-state index is 14.2. The van der Waals surface area contributed by atoms with Gasteiger partial charge in [-0.1, -0.05) is 34.0 Å². The van der Waals surface area contributed by atoms with Crippen molar-refractivity contribution in [1.82, 2.24) is 24.8 Å². The SMILES string of the molecule is Cn1nnc(COc2ccc(Br)c3c2[C@@H](CN2CCCC2=O)N(C(=O)[C@@H]2CCCC[C@]2(C)C(=O)O)CC3)c1C(F)(F)F. The minimum absolute atomic E-state index is 0.0468. The summed E-state index contributed by atoms with van der Waals surface area (Å²) >= 11 is 3.58. The largest absolute Gasteiger partial charge is 0.487 e. The predicted molar refractivity (Wildman–Crippen MR) is 146 cm³/mol. The zero-order chi connectivity index (χ0) is 30.4. The van der Waals surface area contributed by atoms with Crippen LogP contribution in [0.25, 0.3) is 0 Å². The van der Waals surface area contributed by atoms with Gasteiger partial charge in [0, 0.05) is 43.1 Å². The molecule has 10 nitrogen and oxygen atoms in total. The highest BCUT2D eigenvalue weighted by Gasteiger charge is 2.50. The van der Waals surface area contributed by atoms with Gasteiger partial charge in [-0.25, -0.2) is 4.68 Å². The van der Waals surface area contributed by atoms with Gasteiger partial charge in [0.05, 0.1) is 17.4 Å². The van der Waals surface area contributed by atoms with Gasteiger partial charge in [0.15, 0.2) is 5.69 Å².